The Balaban J connectivity index is 1.57. The predicted molar refractivity (Wildman–Crippen MR) is 185 cm³/mol. The predicted octanol–water partition coefficient (Wildman–Crippen LogP) is 8.41. The lowest BCUT2D eigenvalue weighted by molar-refractivity contribution is -0.227. The number of methoxy groups -OCH3 is 2. The number of carbonyl (C=O) groups is 1. The number of benzene rings is 2. The molecule has 0 spiro atoms. The monoisotopic (exact) mass is 646 g/mol. The molecule has 4 rings (SSSR count). The van der Waals surface area contributed by atoms with Crippen molar-refractivity contribution in [3.63, 3.8) is 0 Å². The summed E-state index contributed by atoms with van der Waals surface area (Å²) in [5.41, 5.74) is 5.03. The van der Waals surface area contributed by atoms with Gasteiger partial charge in [0.25, 0.3) is 0 Å². The van der Waals surface area contributed by atoms with E-state index in [1.54, 1.807) is 14.2 Å². The van der Waals surface area contributed by atoms with Crippen molar-refractivity contribution >= 4 is 6.29 Å². The SMILES string of the molecule is C=C[C@H]1C[C@@H](/C(C)=C/[C@H]2C(C)=C(COCOC)CC[C@@]2(C=O)C[C@H](C)[C@@H](C)COCc2ccccc2)O[C@@H](c2ccc(OC)cc2)O1. The Hall–Kier alpha value is -3.07. The van der Waals surface area contributed by atoms with Crippen LogP contribution in [0, 0.1) is 23.2 Å². The highest BCUT2D eigenvalue weighted by Crippen LogP contribution is 2.49. The maximum absolute atomic E-state index is 13.3. The van der Waals surface area contributed by atoms with Crippen molar-refractivity contribution in [2.24, 2.45) is 23.2 Å². The van der Waals surface area contributed by atoms with Gasteiger partial charge in [-0.3, -0.25) is 0 Å². The highest BCUT2D eigenvalue weighted by molar-refractivity contribution is 5.63. The van der Waals surface area contributed by atoms with Gasteiger partial charge in [-0.2, -0.15) is 0 Å². The fourth-order valence-corrected chi connectivity index (χ4v) is 6.82. The van der Waals surface area contributed by atoms with Gasteiger partial charge in [-0.25, -0.2) is 0 Å². The normalized spacial score (nSPS) is 26.5. The van der Waals surface area contributed by atoms with E-state index in [1.165, 1.54) is 17.4 Å². The number of ether oxygens (including phenoxy) is 6. The highest BCUT2D eigenvalue weighted by atomic mass is 16.7. The summed E-state index contributed by atoms with van der Waals surface area (Å²) >= 11 is 0. The van der Waals surface area contributed by atoms with Gasteiger partial charge in [-0.05, 0) is 73.8 Å². The van der Waals surface area contributed by atoms with Crippen LogP contribution in [-0.2, 0) is 35.1 Å². The van der Waals surface area contributed by atoms with Crippen LogP contribution in [-0.4, -0.2) is 52.7 Å². The molecule has 1 fully saturated rings. The fraction of sp³-hybridized carbons (Fsp3) is 0.525. The smallest absolute Gasteiger partial charge is 0.185 e. The Morgan fingerprint density at radius 3 is 2.43 bits per heavy atom. The molecule has 1 heterocycles. The zero-order chi connectivity index (χ0) is 33.8. The lowest BCUT2D eigenvalue weighted by atomic mass is 9.60. The summed E-state index contributed by atoms with van der Waals surface area (Å²) in [7, 11) is 3.28. The second kappa shape index (κ2) is 17.9. The molecular formula is C40H54O7. The molecule has 0 aromatic heterocycles. The van der Waals surface area contributed by atoms with Crippen LogP contribution in [0.1, 0.15) is 70.8 Å². The summed E-state index contributed by atoms with van der Waals surface area (Å²) in [6.07, 6.45) is 7.43. The molecule has 47 heavy (non-hydrogen) atoms. The van der Waals surface area contributed by atoms with Crippen LogP contribution in [0.4, 0.5) is 0 Å². The Morgan fingerprint density at radius 2 is 1.77 bits per heavy atom. The first kappa shape index (κ1) is 36.8. The summed E-state index contributed by atoms with van der Waals surface area (Å²) in [4.78, 5) is 13.3. The van der Waals surface area contributed by atoms with Gasteiger partial charge in [0.05, 0.1) is 32.5 Å². The van der Waals surface area contributed by atoms with Crippen molar-refractivity contribution in [3.8, 4) is 5.75 Å². The molecule has 1 saturated heterocycles. The Morgan fingerprint density at radius 1 is 1.02 bits per heavy atom. The molecule has 0 radical (unpaired) electrons. The number of allylic oxidation sites excluding steroid dienone is 2. The number of hydrogen-bond acceptors (Lipinski definition) is 7. The minimum Gasteiger partial charge on any atom is -0.497 e. The quantitative estimate of drug-likeness (QED) is 0.0740. The molecular weight excluding hydrogens is 592 g/mol. The molecule has 1 aliphatic carbocycles. The molecule has 256 valence electrons. The van der Waals surface area contributed by atoms with E-state index in [1.807, 2.05) is 48.5 Å². The molecule has 2 aromatic rings. The number of carbonyl (C=O) groups excluding carboxylic acids is 1. The number of aldehydes is 1. The van der Waals surface area contributed by atoms with Crippen LogP contribution < -0.4 is 4.74 Å². The average Bonchev–Trinajstić information content (AvgIpc) is 3.10. The average molecular weight is 647 g/mol. The molecule has 2 aromatic carbocycles. The Labute approximate surface area is 281 Å². The number of hydrogen-bond donors (Lipinski definition) is 0. The molecule has 0 bridgehead atoms. The summed E-state index contributed by atoms with van der Waals surface area (Å²) in [5.74, 6) is 1.24. The largest absolute Gasteiger partial charge is 0.497 e. The Bertz CT molecular complexity index is 1330. The standard InChI is InChI=1S/C40H54O7/c1-8-35-21-38(47-39(46-35)33-14-16-36(43-7)17-15-33)28(2)20-37-31(5)34(25-45-27-42-6)18-19-40(37,26-41)22-29(3)30(4)23-44-24-32-12-10-9-11-13-32/h8-17,20,26,29-30,35,37-39H,1,18-19,21-25,27H2,2-7H3/b28-20+/t29-,30-,35-,37-,38-,39-,40-/m0/s1. The van der Waals surface area contributed by atoms with Gasteiger partial charge in [-0.1, -0.05) is 74.0 Å². The topological polar surface area (TPSA) is 72.5 Å². The minimum absolute atomic E-state index is 0.0946. The van der Waals surface area contributed by atoms with E-state index in [-0.39, 0.29) is 36.8 Å². The van der Waals surface area contributed by atoms with E-state index in [9.17, 15) is 4.79 Å². The third-order valence-corrected chi connectivity index (χ3v) is 10.0. The molecule has 7 heteroatoms. The van der Waals surface area contributed by atoms with Crippen molar-refractivity contribution in [3.05, 3.63) is 101 Å². The van der Waals surface area contributed by atoms with Crippen LogP contribution >= 0.6 is 0 Å². The lowest BCUT2D eigenvalue weighted by Crippen LogP contribution is -2.40. The molecule has 0 amide bonds. The van der Waals surface area contributed by atoms with Crippen LogP contribution in [0.3, 0.4) is 0 Å². The van der Waals surface area contributed by atoms with Gasteiger partial charge in [0.1, 0.15) is 18.8 Å². The van der Waals surface area contributed by atoms with Crippen LogP contribution in [0.25, 0.3) is 0 Å². The molecule has 1 aliphatic heterocycles. The summed E-state index contributed by atoms with van der Waals surface area (Å²) in [6.45, 7) is 14.7. The second-order valence-corrected chi connectivity index (χ2v) is 13.3. The molecule has 0 saturated carbocycles. The van der Waals surface area contributed by atoms with E-state index in [0.717, 1.165) is 41.7 Å². The molecule has 7 atom stereocenters. The molecule has 7 nitrogen and oxygen atoms in total. The van der Waals surface area contributed by atoms with Gasteiger partial charge in [0.2, 0.25) is 0 Å². The maximum Gasteiger partial charge on any atom is 0.185 e. The second-order valence-electron chi connectivity index (χ2n) is 13.3. The van der Waals surface area contributed by atoms with Gasteiger partial charge >= 0.3 is 0 Å². The first-order valence-electron chi connectivity index (χ1n) is 16.8. The van der Waals surface area contributed by atoms with Crippen molar-refractivity contribution in [1.29, 1.82) is 0 Å². The summed E-state index contributed by atoms with van der Waals surface area (Å²) < 4.78 is 35.2. The van der Waals surface area contributed by atoms with E-state index < -0.39 is 11.7 Å². The summed E-state index contributed by atoms with van der Waals surface area (Å²) in [6, 6.07) is 18.0. The fourth-order valence-electron chi connectivity index (χ4n) is 6.82. The lowest BCUT2D eigenvalue weighted by Gasteiger charge is -2.44. The highest BCUT2D eigenvalue weighted by Gasteiger charge is 2.44. The third kappa shape index (κ3) is 9.74. The minimum atomic E-state index is -0.554. The van der Waals surface area contributed by atoms with Crippen LogP contribution in [0.15, 0.2) is 90.0 Å². The zero-order valence-corrected chi connectivity index (χ0v) is 29.1. The van der Waals surface area contributed by atoms with Crippen molar-refractivity contribution in [1.82, 2.24) is 0 Å². The van der Waals surface area contributed by atoms with Crippen LogP contribution in [0.5, 0.6) is 5.75 Å². The third-order valence-electron chi connectivity index (χ3n) is 10.0. The van der Waals surface area contributed by atoms with Gasteiger partial charge in [0, 0.05) is 37.0 Å². The van der Waals surface area contributed by atoms with Crippen molar-refractivity contribution in [2.75, 3.05) is 34.2 Å². The van der Waals surface area contributed by atoms with Gasteiger partial charge in [0.15, 0.2) is 6.29 Å². The van der Waals surface area contributed by atoms with Gasteiger partial charge in [-0.15, -0.1) is 6.58 Å². The number of rotatable bonds is 17. The van der Waals surface area contributed by atoms with Crippen molar-refractivity contribution in [2.45, 2.75) is 78.5 Å². The molecule has 2 aliphatic rings. The van der Waals surface area contributed by atoms with Gasteiger partial charge < -0.3 is 33.2 Å². The maximum atomic E-state index is 13.3. The summed E-state index contributed by atoms with van der Waals surface area (Å²) in [5, 5.41) is 0. The first-order chi connectivity index (χ1) is 22.7. The molecule has 0 N–H and O–H groups in total. The van der Waals surface area contributed by atoms with E-state index in [2.05, 4.69) is 52.5 Å². The van der Waals surface area contributed by atoms with E-state index >= 15 is 0 Å². The van der Waals surface area contributed by atoms with Crippen LogP contribution in [0.2, 0.25) is 0 Å². The van der Waals surface area contributed by atoms with Crippen molar-refractivity contribution < 1.29 is 33.2 Å². The molecule has 0 unspecified atom stereocenters. The van der Waals surface area contributed by atoms with E-state index in [0.29, 0.717) is 26.2 Å². The first-order valence-corrected chi connectivity index (χ1v) is 16.8. The van der Waals surface area contributed by atoms with E-state index in [4.69, 9.17) is 28.4 Å². The Kier molecular flexibility index (Phi) is 14.0. The zero-order valence-electron chi connectivity index (χ0n) is 29.1.